The van der Waals surface area contributed by atoms with Crippen molar-refractivity contribution in [3.05, 3.63) is 0 Å². The highest BCUT2D eigenvalue weighted by atomic mass is 28.4. The van der Waals surface area contributed by atoms with E-state index in [1.807, 2.05) is 0 Å². The summed E-state index contributed by atoms with van der Waals surface area (Å²) in [5, 5.41) is 13.2. The van der Waals surface area contributed by atoms with E-state index in [9.17, 15) is 9.90 Å². The summed E-state index contributed by atoms with van der Waals surface area (Å²) in [6.07, 6.45) is 2.72. The standard InChI is InChI=1S/C24H53NO6Si2/c1-10-15-28-32(29-16-11-2,30-17-12-3)18-13-14-25-19-23(24(26)27)31-33(20(4)5,21(6)7)22(8)9/h20-23,25H,10-19H2,1-9H3,(H,26,27). The molecule has 0 radical (unpaired) electrons. The first-order chi connectivity index (χ1) is 15.5. The number of carboxylic acids is 1. The van der Waals surface area contributed by atoms with Gasteiger partial charge in [-0.25, -0.2) is 4.79 Å². The number of rotatable bonds is 21. The van der Waals surface area contributed by atoms with Crippen LogP contribution in [0, 0.1) is 0 Å². The maximum absolute atomic E-state index is 12.0. The van der Waals surface area contributed by atoms with Crippen molar-refractivity contribution in [2.24, 2.45) is 0 Å². The molecule has 33 heavy (non-hydrogen) atoms. The summed E-state index contributed by atoms with van der Waals surface area (Å²) in [7, 11) is -4.99. The van der Waals surface area contributed by atoms with Crippen LogP contribution in [0.15, 0.2) is 0 Å². The number of carbonyl (C=O) groups is 1. The summed E-state index contributed by atoms with van der Waals surface area (Å²) in [5.41, 5.74) is 1.02. The molecule has 1 unspecified atom stereocenters. The zero-order valence-electron chi connectivity index (χ0n) is 22.9. The Morgan fingerprint density at radius 2 is 1.24 bits per heavy atom. The molecule has 0 aromatic carbocycles. The van der Waals surface area contributed by atoms with Gasteiger partial charge in [0.2, 0.25) is 8.32 Å². The van der Waals surface area contributed by atoms with Crippen LogP contribution in [0.1, 0.15) is 88.0 Å². The second-order valence-electron chi connectivity index (χ2n) is 9.80. The Bertz CT molecular complexity index is 476. The lowest BCUT2D eigenvalue weighted by Crippen LogP contribution is -2.53. The number of nitrogens with one attached hydrogen (secondary N) is 1. The van der Waals surface area contributed by atoms with Crippen molar-refractivity contribution in [1.82, 2.24) is 5.32 Å². The van der Waals surface area contributed by atoms with E-state index in [2.05, 4.69) is 67.6 Å². The summed E-state index contributed by atoms with van der Waals surface area (Å²) in [6, 6.07) is 0.723. The lowest BCUT2D eigenvalue weighted by atomic mass is 10.3. The fourth-order valence-corrected chi connectivity index (χ4v) is 12.9. The molecule has 0 spiro atoms. The van der Waals surface area contributed by atoms with Crippen molar-refractivity contribution in [2.45, 2.75) is 117 Å². The normalized spacial score (nSPS) is 13.9. The van der Waals surface area contributed by atoms with Gasteiger partial charge >= 0.3 is 14.8 Å². The first-order valence-corrected chi connectivity index (χ1v) is 17.1. The predicted octanol–water partition coefficient (Wildman–Crippen LogP) is 5.83. The van der Waals surface area contributed by atoms with Gasteiger partial charge in [-0.3, -0.25) is 0 Å². The highest BCUT2D eigenvalue weighted by Gasteiger charge is 2.47. The topological polar surface area (TPSA) is 86.3 Å². The molecule has 0 aromatic rings. The fourth-order valence-electron chi connectivity index (χ4n) is 4.61. The summed E-state index contributed by atoms with van der Waals surface area (Å²) >= 11 is 0. The van der Waals surface area contributed by atoms with Gasteiger partial charge in [0.25, 0.3) is 0 Å². The lowest BCUT2D eigenvalue weighted by Gasteiger charge is -2.43. The third kappa shape index (κ3) is 10.9. The monoisotopic (exact) mass is 507 g/mol. The summed E-state index contributed by atoms with van der Waals surface area (Å²) in [4.78, 5) is 12.0. The van der Waals surface area contributed by atoms with Gasteiger partial charge in [-0.05, 0) is 48.9 Å². The van der Waals surface area contributed by atoms with Crippen LogP contribution in [0.25, 0.3) is 0 Å². The Hall–Kier alpha value is -0.296. The van der Waals surface area contributed by atoms with Gasteiger partial charge in [0.15, 0.2) is 6.10 Å². The molecular weight excluding hydrogens is 454 g/mol. The van der Waals surface area contributed by atoms with E-state index in [0.717, 1.165) is 31.7 Å². The number of hydrogen-bond donors (Lipinski definition) is 2. The molecule has 7 nitrogen and oxygen atoms in total. The maximum atomic E-state index is 12.0. The second kappa shape index (κ2) is 17.2. The molecule has 0 amide bonds. The highest BCUT2D eigenvalue weighted by Crippen LogP contribution is 2.43. The molecule has 0 fully saturated rings. The van der Waals surface area contributed by atoms with Crippen molar-refractivity contribution < 1.29 is 27.6 Å². The van der Waals surface area contributed by atoms with Crippen molar-refractivity contribution in [3.63, 3.8) is 0 Å². The lowest BCUT2D eigenvalue weighted by molar-refractivity contribution is -0.145. The van der Waals surface area contributed by atoms with E-state index in [1.165, 1.54) is 0 Å². The van der Waals surface area contributed by atoms with Gasteiger partial charge in [0.05, 0.1) is 0 Å². The van der Waals surface area contributed by atoms with E-state index < -0.39 is 29.2 Å². The minimum absolute atomic E-state index is 0.298. The molecule has 0 saturated carbocycles. The van der Waals surface area contributed by atoms with E-state index in [1.54, 1.807) is 0 Å². The summed E-state index contributed by atoms with van der Waals surface area (Å²) < 4.78 is 24.9. The molecule has 1 atom stereocenters. The minimum atomic E-state index is -2.72. The largest absolute Gasteiger partial charge is 0.501 e. The Labute approximate surface area is 205 Å². The van der Waals surface area contributed by atoms with E-state index >= 15 is 0 Å². The van der Waals surface area contributed by atoms with Crippen LogP contribution in [0.3, 0.4) is 0 Å². The van der Waals surface area contributed by atoms with Gasteiger partial charge < -0.3 is 28.1 Å². The van der Waals surface area contributed by atoms with E-state index in [4.69, 9.17) is 17.7 Å². The third-order valence-corrected chi connectivity index (χ3v) is 15.1. The smallest absolute Gasteiger partial charge is 0.479 e. The molecule has 0 heterocycles. The molecule has 198 valence electrons. The van der Waals surface area contributed by atoms with Crippen molar-refractivity contribution in [3.8, 4) is 0 Å². The highest BCUT2D eigenvalue weighted by molar-refractivity contribution is 6.77. The van der Waals surface area contributed by atoms with Gasteiger partial charge in [-0.1, -0.05) is 62.3 Å². The summed E-state index contributed by atoms with van der Waals surface area (Å²) in [6.45, 7) is 22.2. The van der Waals surface area contributed by atoms with Crippen LogP contribution in [0.2, 0.25) is 22.7 Å². The van der Waals surface area contributed by atoms with Crippen molar-refractivity contribution in [2.75, 3.05) is 32.9 Å². The van der Waals surface area contributed by atoms with Gasteiger partial charge in [0, 0.05) is 32.4 Å². The fraction of sp³-hybridized carbons (Fsp3) is 0.958. The van der Waals surface area contributed by atoms with Gasteiger partial charge in [0.1, 0.15) is 0 Å². The Kier molecular flexibility index (Phi) is 17.0. The number of aliphatic carboxylic acids is 1. The van der Waals surface area contributed by atoms with Gasteiger partial charge in [-0.15, -0.1) is 0 Å². The van der Waals surface area contributed by atoms with Crippen LogP contribution < -0.4 is 5.32 Å². The minimum Gasteiger partial charge on any atom is -0.479 e. The van der Waals surface area contributed by atoms with Crippen LogP contribution in [-0.4, -0.2) is 67.2 Å². The first kappa shape index (κ1) is 32.7. The van der Waals surface area contributed by atoms with Gasteiger partial charge in [-0.2, -0.15) is 0 Å². The second-order valence-corrected chi connectivity index (χ2v) is 17.9. The molecule has 0 aliphatic rings. The molecule has 0 aliphatic carbocycles. The molecule has 0 aromatic heterocycles. The molecule has 0 bridgehead atoms. The SMILES string of the molecule is CCCO[Si](CCCNCC(O[Si](C(C)C)(C(C)C)C(C)C)C(=O)O)(OCCC)OCCC. The maximum Gasteiger partial charge on any atom is 0.501 e. The Morgan fingerprint density at radius 1 is 0.818 bits per heavy atom. The quantitative estimate of drug-likeness (QED) is 0.149. The van der Waals surface area contributed by atoms with E-state index in [-0.39, 0.29) is 0 Å². The average Bonchev–Trinajstić information content (AvgIpc) is 2.75. The molecule has 0 saturated heterocycles. The van der Waals surface area contributed by atoms with Crippen LogP contribution in [0.5, 0.6) is 0 Å². The number of hydrogen-bond acceptors (Lipinski definition) is 6. The first-order valence-electron chi connectivity index (χ1n) is 13.1. The molecular formula is C24H53NO6Si2. The van der Waals surface area contributed by atoms with Crippen LogP contribution >= 0.6 is 0 Å². The Balaban J connectivity index is 5.07. The van der Waals surface area contributed by atoms with Crippen LogP contribution in [0.4, 0.5) is 0 Å². The molecule has 9 heteroatoms. The third-order valence-electron chi connectivity index (χ3n) is 6.07. The number of carboxylic acid groups (broad SMARTS) is 1. The molecule has 0 aliphatic heterocycles. The average molecular weight is 508 g/mol. The zero-order chi connectivity index (χ0) is 25.5. The van der Waals surface area contributed by atoms with Crippen LogP contribution in [-0.2, 0) is 22.5 Å². The molecule has 2 N–H and O–H groups in total. The zero-order valence-corrected chi connectivity index (χ0v) is 24.9. The van der Waals surface area contributed by atoms with Crippen molar-refractivity contribution in [1.29, 1.82) is 0 Å². The Morgan fingerprint density at radius 3 is 1.58 bits per heavy atom. The van der Waals surface area contributed by atoms with Crippen molar-refractivity contribution >= 4 is 23.1 Å². The van der Waals surface area contributed by atoms with E-state index in [0.29, 0.717) is 49.5 Å². The predicted molar refractivity (Wildman–Crippen MR) is 140 cm³/mol. The molecule has 0 rings (SSSR count). The summed E-state index contributed by atoms with van der Waals surface area (Å²) in [5.74, 6) is -0.895.